The van der Waals surface area contributed by atoms with Gasteiger partial charge in [0.15, 0.2) is 5.78 Å². The van der Waals surface area contributed by atoms with Gasteiger partial charge in [-0.15, -0.1) is 0 Å². The molecule has 0 spiro atoms. The molecule has 0 saturated heterocycles. The van der Waals surface area contributed by atoms with Crippen LogP contribution < -0.4 is 0 Å². The number of allylic oxidation sites excluding steroid dienone is 1. The van der Waals surface area contributed by atoms with E-state index in [0.29, 0.717) is 6.29 Å². The molecule has 6 heteroatoms. The van der Waals surface area contributed by atoms with Crippen molar-refractivity contribution in [1.82, 2.24) is 0 Å². The number of rotatable bonds is 6. The van der Waals surface area contributed by atoms with Gasteiger partial charge in [0, 0.05) is 5.56 Å². The van der Waals surface area contributed by atoms with Gasteiger partial charge in [-0.3, -0.25) is 8.98 Å². The van der Waals surface area contributed by atoms with Gasteiger partial charge in [0.2, 0.25) is 0 Å². The summed E-state index contributed by atoms with van der Waals surface area (Å²) in [6.07, 6.45) is 0.325. The maximum Gasteiger partial charge on any atom is 0.298 e. The van der Waals surface area contributed by atoms with Crippen LogP contribution in [0.5, 0.6) is 0 Å². The lowest BCUT2D eigenvalue weighted by atomic mass is 10.0. The first-order valence-electron chi connectivity index (χ1n) is 5.43. The monoisotopic (exact) mass is 282 g/mol. The highest BCUT2D eigenvalue weighted by Crippen LogP contribution is 2.22. The molecular formula is C13H14O5S. The van der Waals surface area contributed by atoms with E-state index in [0.717, 1.165) is 5.56 Å². The molecule has 102 valence electrons. The highest BCUT2D eigenvalue weighted by atomic mass is 32.2. The molecule has 0 aliphatic heterocycles. The lowest BCUT2D eigenvalue weighted by Gasteiger charge is -2.09. The summed E-state index contributed by atoms with van der Waals surface area (Å²) in [7, 11) is -4.14. The predicted octanol–water partition coefficient (Wildman–Crippen LogP) is 1.66. The van der Waals surface area contributed by atoms with E-state index in [-0.39, 0.29) is 16.0 Å². The van der Waals surface area contributed by atoms with E-state index in [1.54, 1.807) is 13.0 Å². The van der Waals surface area contributed by atoms with Crippen molar-refractivity contribution in [3.05, 3.63) is 41.5 Å². The molecular weight excluding hydrogens is 268 g/mol. The highest BCUT2D eigenvalue weighted by Gasteiger charge is 2.23. The minimum Gasteiger partial charge on any atom is -0.301 e. The van der Waals surface area contributed by atoms with Crippen molar-refractivity contribution in [3.8, 4) is 0 Å². The van der Waals surface area contributed by atoms with Crippen LogP contribution in [0.2, 0.25) is 0 Å². The second-order valence-electron chi connectivity index (χ2n) is 4.01. The van der Waals surface area contributed by atoms with Gasteiger partial charge >= 0.3 is 0 Å². The van der Waals surface area contributed by atoms with Crippen molar-refractivity contribution in [2.45, 2.75) is 18.7 Å². The van der Waals surface area contributed by atoms with Gasteiger partial charge in [0.05, 0.1) is 0 Å². The quantitative estimate of drug-likeness (QED) is 0.343. The van der Waals surface area contributed by atoms with Crippen molar-refractivity contribution in [2.24, 2.45) is 0 Å². The predicted molar refractivity (Wildman–Crippen MR) is 69.5 cm³/mol. The van der Waals surface area contributed by atoms with Gasteiger partial charge in [0.25, 0.3) is 10.1 Å². The number of aldehydes is 1. The van der Waals surface area contributed by atoms with E-state index in [2.05, 4.69) is 10.8 Å². The molecule has 0 bridgehead atoms. The average molecular weight is 282 g/mol. The molecule has 5 nitrogen and oxygen atoms in total. The summed E-state index contributed by atoms with van der Waals surface area (Å²) in [6.45, 7) is 6.15. The number of benzene rings is 1. The first-order valence-corrected chi connectivity index (χ1v) is 6.84. The summed E-state index contributed by atoms with van der Waals surface area (Å²) in [5, 5.41) is 0. The molecule has 0 aliphatic rings. The van der Waals surface area contributed by atoms with Crippen LogP contribution >= 0.6 is 0 Å². The van der Waals surface area contributed by atoms with Crippen LogP contribution in [-0.2, 0) is 19.1 Å². The molecule has 0 saturated carbocycles. The van der Waals surface area contributed by atoms with Crippen molar-refractivity contribution in [2.75, 3.05) is 6.61 Å². The van der Waals surface area contributed by atoms with Crippen molar-refractivity contribution >= 4 is 22.2 Å². The molecule has 0 atom stereocenters. The summed E-state index contributed by atoms with van der Waals surface area (Å²) in [5.41, 5.74) is 0.953. The van der Waals surface area contributed by atoms with Crippen molar-refractivity contribution in [3.63, 3.8) is 0 Å². The van der Waals surface area contributed by atoms with E-state index < -0.39 is 22.5 Å². The first-order chi connectivity index (χ1) is 8.79. The van der Waals surface area contributed by atoms with Gasteiger partial charge in [-0.2, -0.15) is 8.42 Å². The fourth-order valence-corrected chi connectivity index (χ4v) is 2.47. The molecule has 0 radical (unpaired) electrons. The molecule has 0 unspecified atom stereocenters. The standard InChI is InChI=1S/C13H14O5S/c1-9(2)13(15)11-8-10(3)4-5-12(11)19(16,17)18-7-6-14/h4-6,8H,1,7H2,2-3H3. The summed E-state index contributed by atoms with van der Waals surface area (Å²) < 4.78 is 28.3. The van der Waals surface area contributed by atoms with Crippen LogP contribution in [0, 0.1) is 6.92 Å². The SMILES string of the molecule is C=C(C)C(=O)c1cc(C)ccc1S(=O)(=O)OCC=O. The molecule has 0 heterocycles. The summed E-state index contributed by atoms with van der Waals surface area (Å²) in [5.74, 6) is -0.475. The zero-order valence-electron chi connectivity index (χ0n) is 10.7. The van der Waals surface area contributed by atoms with E-state index in [1.165, 1.54) is 19.1 Å². The van der Waals surface area contributed by atoms with E-state index in [9.17, 15) is 18.0 Å². The zero-order chi connectivity index (χ0) is 14.6. The van der Waals surface area contributed by atoms with Gasteiger partial charge in [-0.1, -0.05) is 18.2 Å². The lowest BCUT2D eigenvalue weighted by molar-refractivity contribution is -0.109. The highest BCUT2D eigenvalue weighted by molar-refractivity contribution is 7.86. The van der Waals surface area contributed by atoms with Crippen LogP contribution in [0.1, 0.15) is 22.8 Å². The Morgan fingerprint density at radius 1 is 1.42 bits per heavy atom. The molecule has 1 aromatic rings. The number of ketones is 1. The summed E-state index contributed by atoms with van der Waals surface area (Å²) in [6, 6.07) is 4.28. The maximum atomic E-state index is 11.9. The lowest BCUT2D eigenvalue weighted by Crippen LogP contribution is -2.14. The Hall–Kier alpha value is -1.79. The fraction of sp³-hybridized carbons (Fsp3) is 0.231. The Balaban J connectivity index is 3.39. The van der Waals surface area contributed by atoms with Gasteiger partial charge in [-0.25, -0.2) is 0 Å². The third kappa shape index (κ3) is 3.59. The van der Waals surface area contributed by atoms with Gasteiger partial charge in [-0.05, 0) is 31.6 Å². The second-order valence-corrected chi connectivity index (χ2v) is 5.60. The molecule has 1 aromatic carbocycles. The van der Waals surface area contributed by atoms with Crippen LogP contribution in [0.25, 0.3) is 0 Å². The number of hydrogen-bond donors (Lipinski definition) is 0. The van der Waals surface area contributed by atoms with Crippen LogP contribution in [0.15, 0.2) is 35.2 Å². The van der Waals surface area contributed by atoms with E-state index in [4.69, 9.17) is 0 Å². The molecule has 0 fully saturated rings. The molecule has 0 aromatic heterocycles. The second kappa shape index (κ2) is 5.90. The van der Waals surface area contributed by atoms with Crippen molar-refractivity contribution in [1.29, 1.82) is 0 Å². The zero-order valence-corrected chi connectivity index (χ0v) is 11.5. The minimum absolute atomic E-state index is 0.00148. The third-order valence-electron chi connectivity index (χ3n) is 2.33. The van der Waals surface area contributed by atoms with Gasteiger partial charge in [0.1, 0.15) is 17.8 Å². The third-order valence-corrected chi connectivity index (χ3v) is 3.67. The van der Waals surface area contributed by atoms with E-state index in [1.807, 2.05) is 0 Å². The van der Waals surface area contributed by atoms with Crippen molar-refractivity contribution < 1.29 is 22.2 Å². The van der Waals surface area contributed by atoms with Crippen LogP contribution in [0.4, 0.5) is 0 Å². The largest absolute Gasteiger partial charge is 0.301 e. The number of carbonyl (C=O) groups excluding carboxylic acids is 2. The van der Waals surface area contributed by atoms with E-state index >= 15 is 0 Å². The summed E-state index contributed by atoms with van der Waals surface area (Å²) >= 11 is 0. The van der Waals surface area contributed by atoms with Crippen LogP contribution in [-0.4, -0.2) is 27.1 Å². The average Bonchev–Trinajstić information content (AvgIpc) is 2.35. The molecule has 19 heavy (non-hydrogen) atoms. The number of hydrogen-bond acceptors (Lipinski definition) is 5. The Bertz CT molecular complexity index is 628. The maximum absolute atomic E-state index is 11.9. The number of Topliss-reactive ketones (excluding diaryl/α,β-unsaturated/α-hetero) is 1. The Morgan fingerprint density at radius 3 is 2.58 bits per heavy atom. The molecule has 0 aliphatic carbocycles. The smallest absolute Gasteiger partial charge is 0.298 e. The molecule has 0 N–H and O–H groups in total. The molecule has 0 amide bonds. The number of carbonyl (C=O) groups is 2. The minimum atomic E-state index is -4.14. The Kier molecular flexibility index (Phi) is 4.74. The number of aryl methyl sites for hydroxylation is 1. The fourth-order valence-electron chi connectivity index (χ4n) is 1.45. The summed E-state index contributed by atoms with van der Waals surface area (Å²) in [4.78, 5) is 21.9. The molecule has 1 rings (SSSR count). The normalized spacial score (nSPS) is 11.1. The topological polar surface area (TPSA) is 77.5 Å². The Labute approximate surface area is 112 Å². The Morgan fingerprint density at radius 2 is 2.05 bits per heavy atom. The van der Waals surface area contributed by atoms with Crippen LogP contribution in [0.3, 0.4) is 0 Å². The first kappa shape index (κ1) is 15.3. The van der Waals surface area contributed by atoms with Gasteiger partial charge < -0.3 is 4.79 Å².